The first kappa shape index (κ1) is 17.6. The molecule has 1 saturated heterocycles. The molecule has 1 aliphatic heterocycles. The van der Waals surface area contributed by atoms with Crippen LogP contribution < -0.4 is 4.90 Å². The molecular weight excluding hydrogens is 340 g/mol. The van der Waals surface area contributed by atoms with Crippen LogP contribution >= 0.6 is 0 Å². The average Bonchev–Trinajstić information content (AvgIpc) is 3.17. The molecule has 3 aromatic heterocycles. The summed E-state index contributed by atoms with van der Waals surface area (Å²) in [4.78, 5) is 15.9. The van der Waals surface area contributed by atoms with Gasteiger partial charge in [0.25, 0.3) is 0 Å². The van der Waals surface area contributed by atoms with E-state index in [0.29, 0.717) is 18.3 Å². The van der Waals surface area contributed by atoms with Crippen molar-refractivity contribution >= 4 is 5.82 Å². The van der Waals surface area contributed by atoms with Gasteiger partial charge < -0.3 is 10.0 Å². The van der Waals surface area contributed by atoms with Gasteiger partial charge in [0, 0.05) is 54.9 Å². The zero-order chi connectivity index (χ0) is 18.6. The highest BCUT2D eigenvalue weighted by Gasteiger charge is 2.24. The molecule has 7 heteroatoms. The van der Waals surface area contributed by atoms with Crippen molar-refractivity contribution < 1.29 is 5.11 Å². The van der Waals surface area contributed by atoms with Gasteiger partial charge in [-0.25, -0.2) is 9.97 Å². The van der Waals surface area contributed by atoms with Crippen molar-refractivity contribution in [2.45, 2.75) is 32.2 Å². The number of aliphatic hydroxyl groups is 1. The van der Waals surface area contributed by atoms with Gasteiger partial charge in [-0.1, -0.05) is 0 Å². The zero-order valence-electron chi connectivity index (χ0n) is 15.5. The minimum Gasteiger partial charge on any atom is -0.394 e. The number of aliphatic hydroxyl groups excluding tert-OH is 1. The van der Waals surface area contributed by atoms with E-state index in [0.717, 1.165) is 48.7 Å². The molecule has 0 bridgehead atoms. The summed E-state index contributed by atoms with van der Waals surface area (Å²) in [5.74, 6) is 2.05. The number of aromatic nitrogens is 5. The Labute approximate surface area is 158 Å². The fourth-order valence-electron chi connectivity index (χ4n) is 3.59. The van der Waals surface area contributed by atoms with Crippen molar-refractivity contribution in [3.05, 3.63) is 54.2 Å². The van der Waals surface area contributed by atoms with Crippen LogP contribution in [0.4, 0.5) is 5.82 Å². The Morgan fingerprint density at radius 1 is 1.26 bits per heavy atom. The number of hydrogen-bond acceptors (Lipinski definition) is 6. The molecule has 27 heavy (non-hydrogen) atoms. The van der Waals surface area contributed by atoms with Crippen molar-refractivity contribution in [3.8, 4) is 11.4 Å². The van der Waals surface area contributed by atoms with Crippen molar-refractivity contribution in [2.75, 3.05) is 24.6 Å². The monoisotopic (exact) mass is 364 g/mol. The number of nitrogens with zero attached hydrogens (tertiary/aromatic N) is 6. The largest absolute Gasteiger partial charge is 0.394 e. The maximum Gasteiger partial charge on any atom is 0.163 e. The van der Waals surface area contributed by atoms with E-state index in [1.165, 1.54) is 0 Å². The Morgan fingerprint density at radius 3 is 3.00 bits per heavy atom. The molecular formula is C20H24N6O. The Kier molecular flexibility index (Phi) is 5.11. The molecule has 1 fully saturated rings. The van der Waals surface area contributed by atoms with Gasteiger partial charge in [0.1, 0.15) is 5.82 Å². The van der Waals surface area contributed by atoms with Gasteiger partial charge in [0.05, 0.1) is 18.8 Å². The van der Waals surface area contributed by atoms with Crippen molar-refractivity contribution in [1.29, 1.82) is 0 Å². The van der Waals surface area contributed by atoms with E-state index in [2.05, 4.69) is 26.0 Å². The molecule has 0 amide bonds. The number of rotatable bonds is 5. The molecule has 3 aromatic rings. The minimum absolute atomic E-state index is 0.106. The molecule has 0 radical (unpaired) electrons. The molecule has 0 spiro atoms. The van der Waals surface area contributed by atoms with Crippen molar-refractivity contribution in [2.24, 2.45) is 0 Å². The van der Waals surface area contributed by atoms with Crippen LogP contribution in [0.3, 0.4) is 0 Å². The molecule has 0 saturated carbocycles. The average molecular weight is 364 g/mol. The quantitative estimate of drug-likeness (QED) is 0.749. The van der Waals surface area contributed by atoms with E-state index in [9.17, 15) is 0 Å². The van der Waals surface area contributed by atoms with Crippen LogP contribution in [0.15, 0.2) is 42.9 Å². The van der Waals surface area contributed by atoms with Gasteiger partial charge in [0.2, 0.25) is 0 Å². The first-order chi connectivity index (χ1) is 13.2. The summed E-state index contributed by atoms with van der Waals surface area (Å²) in [7, 11) is 0. The van der Waals surface area contributed by atoms with Gasteiger partial charge >= 0.3 is 0 Å². The Morgan fingerprint density at radius 2 is 2.19 bits per heavy atom. The highest BCUT2D eigenvalue weighted by molar-refractivity contribution is 5.57. The van der Waals surface area contributed by atoms with E-state index >= 15 is 0 Å². The second-order valence-corrected chi connectivity index (χ2v) is 6.95. The lowest BCUT2D eigenvalue weighted by Crippen LogP contribution is -2.35. The molecule has 0 aliphatic carbocycles. The summed E-state index contributed by atoms with van der Waals surface area (Å²) in [6, 6.07) is 8.00. The van der Waals surface area contributed by atoms with Crippen LogP contribution in [0.25, 0.3) is 11.4 Å². The van der Waals surface area contributed by atoms with E-state index in [4.69, 9.17) is 10.1 Å². The maximum absolute atomic E-state index is 9.09. The Balaban J connectivity index is 1.56. The Bertz CT molecular complexity index is 894. The lowest BCUT2D eigenvalue weighted by molar-refractivity contribution is 0.268. The first-order valence-corrected chi connectivity index (χ1v) is 9.38. The van der Waals surface area contributed by atoms with Gasteiger partial charge in [-0.3, -0.25) is 9.67 Å². The zero-order valence-corrected chi connectivity index (χ0v) is 15.5. The molecule has 1 atom stereocenters. The molecule has 4 rings (SSSR count). The fraction of sp³-hybridized carbons (Fsp3) is 0.400. The highest BCUT2D eigenvalue weighted by Crippen LogP contribution is 2.29. The van der Waals surface area contributed by atoms with Crippen LogP contribution in [0.5, 0.6) is 0 Å². The summed E-state index contributed by atoms with van der Waals surface area (Å²) in [6.45, 7) is 4.52. The second-order valence-electron chi connectivity index (χ2n) is 6.95. The lowest BCUT2D eigenvalue weighted by Gasteiger charge is -2.33. The molecule has 0 unspecified atom stereocenters. The normalized spacial score (nSPS) is 17.3. The van der Waals surface area contributed by atoms with Gasteiger partial charge in [-0.05, 0) is 38.0 Å². The topological polar surface area (TPSA) is 80.0 Å². The Hall–Kier alpha value is -2.80. The van der Waals surface area contributed by atoms with Crippen LogP contribution in [0.1, 0.15) is 30.1 Å². The van der Waals surface area contributed by atoms with Crippen molar-refractivity contribution in [1.82, 2.24) is 24.7 Å². The highest BCUT2D eigenvalue weighted by atomic mass is 16.3. The van der Waals surface area contributed by atoms with E-state index in [1.807, 2.05) is 36.0 Å². The smallest absolute Gasteiger partial charge is 0.163 e. The van der Waals surface area contributed by atoms with Crippen molar-refractivity contribution in [3.63, 3.8) is 0 Å². The predicted octanol–water partition coefficient (Wildman–Crippen LogP) is 2.42. The number of hydrogen-bond donors (Lipinski definition) is 1. The maximum atomic E-state index is 9.09. The first-order valence-electron chi connectivity index (χ1n) is 9.38. The molecule has 140 valence electrons. The van der Waals surface area contributed by atoms with Crippen LogP contribution in [0.2, 0.25) is 0 Å². The summed E-state index contributed by atoms with van der Waals surface area (Å²) in [6.07, 6.45) is 7.71. The molecule has 1 N–H and O–H groups in total. The molecule has 4 heterocycles. The predicted molar refractivity (Wildman–Crippen MR) is 104 cm³/mol. The minimum atomic E-state index is 0.106. The van der Waals surface area contributed by atoms with Gasteiger partial charge in [-0.2, -0.15) is 5.10 Å². The standard InChI is InChI=1S/C20H24N6O/c1-15-12-19(23-20(22-15)16-4-2-7-21-13-16)25-8-3-5-17(14-25)18-6-9-26(24-18)10-11-27/h2,4,6-7,9,12-13,17,27H,3,5,8,10-11,14H2,1H3/t17-/m1/s1. The summed E-state index contributed by atoms with van der Waals surface area (Å²) >= 11 is 0. The van der Waals surface area contributed by atoms with Crippen LogP contribution in [-0.4, -0.2) is 49.5 Å². The third kappa shape index (κ3) is 3.98. The molecule has 0 aromatic carbocycles. The summed E-state index contributed by atoms with van der Waals surface area (Å²) in [5.41, 5.74) is 2.97. The number of aryl methyl sites for hydroxylation is 1. The van der Waals surface area contributed by atoms with E-state index in [1.54, 1.807) is 12.4 Å². The van der Waals surface area contributed by atoms with Gasteiger partial charge in [0.15, 0.2) is 5.82 Å². The second kappa shape index (κ2) is 7.84. The number of anilines is 1. The van der Waals surface area contributed by atoms with Crippen LogP contribution in [0, 0.1) is 6.92 Å². The van der Waals surface area contributed by atoms with Crippen LogP contribution in [-0.2, 0) is 6.54 Å². The lowest BCUT2D eigenvalue weighted by atomic mass is 9.95. The SMILES string of the molecule is Cc1cc(N2CCC[C@@H](c3ccn(CCO)n3)C2)nc(-c2cccnc2)n1. The van der Waals surface area contributed by atoms with E-state index < -0.39 is 0 Å². The third-order valence-corrected chi connectivity index (χ3v) is 4.91. The molecule has 1 aliphatic rings. The number of piperidine rings is 1. The summed E-state index contributed by atoms with van der Waals surface area (Å²) < 4.78 is 1.81. The van der Waals surface area contributed by atoms with Gasteiger partial charge in [-0.15, -0.1) is 0 Å². The fourth-order valence-corrected chi connectivity index (χ4v) is 3.59. The number of pyridine rings is 1. The third-order valence-electron chi connectivity index (χ3n) is 4.91. The molecule has 7 nitrogen and oxygen atoms in total. The van der Waals surface area contributed by atoms with E-state index in [-0.39, 0.29) is 6.61 Å². The summed E-state index contributed by atoms with van der Waals surface area (Å²) in [5, 5.41) is 13.7.